The standard InChI is InChI=1S/C28H29F2NO4S/c1-27(2)28(3,22-8-6-7-20(17-22)19-11-13-23(29)14-12-19)36(33,34)31-26(35-27)18-21(15-16-32)24-9-4-5-10-25(24)30/h4-14,17,21,32H,15-16,18H2,1-3H3/t21-,28?/m1/s1. The Morgan fingerprint density at radius 3 is 2.28 bits per heavy atom. The molecule has 8 heteroatoms. The Hall–Kier alpha value is -3.10. The number of halogens is 2. The van der Waals surface area contributed by atoms with Gasteiger partial charge in [0.25, 0.3) is 10.0 Å². The number of ether oxygens (including phenoxy) is 1. The minimum atomic E-state index is -4.14. The first-order chi connectivity index (χ1) is 17.0. The molecule has 1 aliphatic rings. The van der Waals surface area contributed by atoms with Gasteiger partial charge < -0.3 is 9.84 Å². The lowest BCUT2D eigenvalue weighted by Crippen LogP contribution is -2.56. The first-order valence-electron chi connectivity index (χ1n) is 11.7. The molecule has 0 fully saturated rings. The molecule has 0 aromatic heterocycles. The molecule has 0 bridgehead atoms. The molecule has 4 rings (SSSR count). The third-order valence-corrected chi connectivity index (χ3v) is 9.30. The van der Waals surface area contributed by atoms with Crippen LogP contribution in [0, 0.1) is 11.6 Å². The minimum absolute atomic E-state index is 0.0196. The molecule has 190 valence electrons. The van der Waals surface area contributed by atoms with Gasteiger partial charge in [-0.2, -0.15) is 0 Å². The Kier molecular flexibility index (Phi) is 7.03. The van der Waals surface area contributed by atoms with E-state index in [0.29, 0.717) is 11.1 Å². The Balaban J connectivity index is 1.73. The maximum Gasteiger partial charge on any atom is 0.269 e. The fourth-order valence-electron chi connectivity index (χ4n) is 4.70. The molecule has 0 saturated heterocycles. The summed E-state index contributed by atoms with van der Waals surface area (Å²) in [6, 6.07) is 19.2. The molecular weight excluding hydrogens is 484 g/mol. The van der Waals surface area contributed by atoms with Crippen molar-refractivity contribution in [1.29, 1.82) is 0 Å². The lowest BCUT2D eigenvalue weighted by atomic mass is 9.83. The number of aliphatic hydroxyl groups excluding tert-OH is 1. The van der Waals surface area contributed by atoms with Crippen LogP contribution in [0.2, 0.25) is 0 Å². The SMILES string of the molecule is CC1(C)OC(C[C@@H](CCO)c2ccccc2F)=NS(=O)(=O)C1(C)c1cccc(-c2ccc(F)cc2)c1. The van der Waals surface area contributed by atoms with E-state index in [1.54, 1.807) is 69.3 Å². The van der Waals surface area contributed by atoms with Gasteiger partial charge in [-0.25, -0.2) is 17.2 Å². The zero-order valence-electron chi connectivity index (χ0n) is 20.4. The quantitative estimate of drug-likeness (QED) is 0.424. The van der Waals surface area contributed by atoms with Crippen molar-refractivity contribution >= 4 is 15.9 Å². The number of aliphatic hydroxyl groups is 1. The van der Waals surface area contributed by atoms with Crippen molar-refractivity contribution in [2.45, 2.75) is 49.9 Å². The number of benzene rings is 3. The van der Waals surface area contributed by atoms with Gasteiger partial charge in [0.15, 0.2) is 4.75 Å². The van der Waals surface area contributed by atoms with E-state index in [4.69, 9.17) is 4.74 Å². The van der Waals surface area contributed by atoms with Crippen molar-refractivity contribution in [3.05, 3.63) is 95.6 Å². The van der Waals surface area contributed by atoms with E-state index < -0.39 is 32.1 Å². The molecule has 0 spiro atoms. The van der Waals surface area contributed by atoms with Gasteiger partial charge in [0.1, 0.15) is 17.2 Å². The summed E-state index contributed by atoms with van der Waals surface area (Å²) in [5.41, 5.74) is 1.10. The van der Waals surface area contributed by atoms with E-state index in [1.807, 2.05) is 6.07 Å². The van der Waals surface area contributed by atoms with Crippen LogP contribution in [-0.2, 0) is 19.5 Å². The number of hydrogen-bond acceptors (Lipinski definition) is 4. The number of rotatable bonds is 7. The van der Waals surface area contributed by atoms with Gasteiger partial charge in [-0.3, -0.25) is 0 Å². The summed E-state index contributed by atoms with van der Waals surface area (Å²) >= 11 is 0. The normalized spacial score (nSPS) is 21.3. The van der Waals surface area contributed by atoms with Gasteiger partial charge in [-0.1, -0.05) is 48.5 Å². The number of sulfonamides is 1. The fraction of sp³-hybridized carbons (Fsp3) is 0.321. The van der Waals surface area contributed by atoms with E-state index in [9.17, 15) is 22.3 Å². The van der Waals surface area contributed by atoms with Gasteiger partial charge in [0, 0.05) is 13.0 Å². The summed E-state index contributed by atoms with van der Waals surface area (Å²) in [7, 11) is -4.14. The van der Waals surface area contributed by atoms with Crippen LogP contribution in [0.5, 0.6) is 0 Å². The Labute approximate surface area is 210 Å². The summed E-state index contributed by atoms with van der Waals surface area (Å²) in [4.78, 5) is 0. The fourth-order valence-corrected chi connectivity index (χ4v) is 6.35. The van der Waals surface area contributed by atoms with Crippen LogP contribution >= 0.6 is 0 Å². The largest absolute Gasteiger partial charge is 0.472 e. The van der Waals surface area contributed by atoms with Crippen LogP contribution in [0.25, 0.3) is 11.1 Å². The van der Waals surface area contributed by atoms with Crippen molar-refractivity contribution in [3.63, 3.8) is 0 Å². The Bertz CT molecular complexity index is 1390. The minimum Gasteiger partial charge on any atom is -0.472 e. The Morgan fingerprint density at radius 2 is 1.64 bits per heavy atom. The average Bonchev–Trinajstić information content (AvgIpc) is 2.82. The van der Waals surface area contributed by atoms with Crippen LogP contribution in [0.15, 0.2) is 77.2 Å². The summed E-state index contributed by atoms with van der Waals surface area (Å²) in [6.45, 7) is 4.76. The highest BCUT2D eigenvalue weighted by molar-refractivity contribution is 7.91. The average molecular weight is 514 g/mol. The van der Waals surface area contributed by atoms with E-state index >= 15 is 0 Å². The number of nitrogens with zero attached hydrogens (tertiary/aromatic N) is 1. The number of hydrogen-bond donors (Lipinski definition) is 1. The van der Waals surface area contributed by atoms with Gasteiger partial charge in [0.2, 0.25) is 5.90 Å². The third-order valence-electron chi connectivity index (χ3n) is 7.09. The highest BCUT2D eigenvalue weighted by Crippen LogP contribution is 2.47. The van der Waals surface area contributed by atoms with E-state index in [0.717, 1.165) is 11.1 Å². The molecule has 1 N–H and O–H groups in total. The molecule has 3 aromatic rings. The third kappa shape index (κ3) is 4.67. The van der Waals surface area contributed by atoms with Crippen LogP contribution in [0.1, 0.15) is 50.7 Å². The summed E-state index contributed by atoms with van der Waals surface area (Å²) in [5, 5.41) is 9.55. The summed E-state index contributed by atoms with van der Waals surface area (Å²) in [6.07, 6.45) is 0.247. The van der Waals surface area contributed by atoms with E-state index in [2.05, 4.69) is 4.40 Å². The lowest BCUT2D eigenvalue weighted by molar-refractivity contribution is 0.0424. The molecule has 3 aromatic carbocycles. The molecule has 1 aliphatic heterocycles. The lowest BCUT2D eigenvalue weighted by Gasteiger charge is -2.45. The molecule has 2 atom stereocenters. The van der Waals surface area contributed by atoms with Crippen LogP contribution in [0.4, 0.5) is 8.78 Å². The summed E-state index contributed by atoms with van der Waals surface area (Å²) < 4.78 is 64.0. The first-order valence-corrected chi connectivity index (χ1v) is 13.2. The van der Waals surface area contributed by atoms with Gasteiger partial charge in [0.05, 0.1) is 0 Å². The van der Waals surface area contributed by atoms with Gasteiger partial charge >= 0.3 is 0 Å². The zero-order chi connectivity index (χ0) is 26.1. The zero-order valence-corrected chi connectivity index (χ0v) is 21.2. The van der Waals surface area contributed by atoms with Crippen LogP contribution < -0.4 is 0 Å². The molecule has 36 heavy (non-hydrogen) atoms. The topological polar surface area (TPSA) is 76.0 Å². The maximum absolute atomic E-state index is 14.5. The molecule has 0 radical (unpaired) electrons. The van der Waals surface area contributed by atoms with Crippen molar-refractivity contribution in [2.24, 2.45) is 4.40 Å². The first kappa shape index (κ1) is 26.0. The summed E-state index contributed by atoms with van der Waals surface area (Å²) in [5.74, 6) is -1.32. The second kappa shape index (κ2) is 9.75. The second-order valence-electron chi connectivity index (χ2n) is 9.63. The second-order valence-corrected chi connectivity index (χ2v) is 11.6. The smallest absolute Gasteiger partial charge is 0.269 e. The van der Waals surface area contributed by atoms with Gasteiger partial charge in [-0.05, 0) is 79.6 Å². The molecule has 5 nitrogen and oxygen atoms in total. The molecular formula is C28H29F2NO4S. The monoisotopic (exact) mass is 513 g/mol. The highest BCUT2D eigenvalue weighted by atomic mass is 32.2. The molecule has 1 unspecified atom stereocenters. The highest BCUT2D eigenvalue weighted by Gasteiger charge is 2.58. The predicted octanol–water partition coefficient (Wildman–Crippen LogP) is 5.94. The van der Waals surface area contributed by atoms with Crippen LogP contribution in [-0.4, -0.2) is 31.6 Å². The molecule has 0 saturated carbocycles. The van der Waals surface area contributed by atoms with Crippen molar-refractivity contribution < 1.29 is 27.0 Å². The maximum atomic E-state index is 14.5. The van der Waals surface area contributed by atoms with E-state index in [-0.39, 0.29) is 31.2 Å². The molecule has 0 amide bonds. The van der Waals surface area contributed by atoms with Crippen molar-refractivity contribution in [1.82, 2.24) is 0 Å². The van der Waals surface area contributed by atoms with Crippen molar-refractivity contribution in [3.8, 4) is 11.1 Å². The predicted molar refractivity (Wildman–Crippen MR) is 136 cm³/mol. The van der Waals surface area contributed by atoms with Gasteiger partial charge in [-0.15, -0.1) is 4.40 Å². The van der Waals surface area contributed by atoms with Crippen molar-refractivity contribution in [2.75, 3.05) is 6.61 Å². The van der Waals surface area contributed by atoms with Crippen LogP contribution in [0.3, 0.4) is 0 Å². The van der Waals surface area contributed by atoms with E-state index in [1.165, 1.54) is 18.2 Å². The Morgan fingerprint density at radius 1 is 0.944 bits per heavy atom. The molecule has 0 aliphatic carbocycles. The molecule has 1 heterocycles.